The highest BCUT2D eigenvalue weighted by Gasteiger charge is 2.36. The van der Waals surface area contributed by atoms with E-state index in [0.29, 0.717) is 6.04 Å². The van der Waals surface area contributed by atoms with E-state index in [1.165, 1.54) is 40.4 Å². The number of nitrogens with one attached hydrogen (secondary N) is 1. The molecule has 0 amide bonds. The fourth-order valence-corrected chi connectivity index (χ4v) is 4.23. The molecule has 18 heavy (non-hydrogen) atoms. The molecule has 1 saturated heterocycles. The molecule has 0 bridgehead atoms. The van der Waals surface area contributed by atoms with Gasteiger partial charge in [-0.15, -0.1) is 0 Å². The van der Waals surface area contributed by atoms with Crippen LogP contribution in [-0.2, 0) is 0 Å². The Hall–Kier alpha value is 0.1000. The predicted molar refractivity (Wildman–Crippen MR) is 81.7 cm³/mol. The number of benzene rings is 1. The Morgan fingerprint density at radius 2 is 1.67 bits per heavy atom. The Morgan fingerprint density at radius 1 is 1.06 bits per heavy atom. The molecule has 1 aliphatic heterocycles. The zero-order valence-corrected chi connectivity index (χ0v) is 13.5. The molecule has 1 aromatic rings. The lowest BCUT2D eigenvalue weighted by Crippen LogP contribution is -2.45. The van der Waals surface area contributed by atoms with Crippen LogP contribution in [0.2, 0.25) is 0 Å². The molecule has 4 heteroatoms. The molecule has 98 valence electrons. The second kappa shape index (κ2) is 5.61. The SMILES string of the molecule is Brc1cc(Br)cc([C@H](C2CC2)N2CCNCC2)c1. The standard InChI is InChI=1S/C14H18Br2N2/c15-12-7-11(8-13(16)9-12)14(10-1-2-10)18-5-3-17-4-6-18/h7-10,14,17H,1-6H2/t14-/m0/s1. The fourth-order valence-electron chi connectivity index (χ4n) is 2.90. The number of rotatable bonds is 3. The third-order valence-electron chi connectivity index (χ3n) is 3.84. The zero-order valence-electron chi connectivity index (χ0n) is 10.3. The summed E-state index contributed by atoms with van der Waals surface area (Å²) in [5.74, 6) is 0.865. The summed E-state index contributed by atoms with van der Waals surface area (Å²) in [7, 11) is 0. The van der Waals surface area contributed by atoms with Gasteiger partial charge in [0.1, 0.15) is 0 Å². The van der Waals surface area contributed by atoms with Crippen molar-refractivity contribution in [3.05, 3.63) is 32.7 Å². The molecular weight excluding hydrogens is 356 g/mol. The minimum absolute atomic E-state index is 0.612. The Kier molecular flexibility index (Phi) is 4.09. The van der Waals surface area contributed by atoms with E-state index in [9.17, 15) is 0 Å². The largest absolute Gasteiger partial charge is 0.314 e. The number of hydrogen-bond acceptors (Lipinski definition) is 2. The molecule has 0 radical (unpaired) electrons. The maximum Gasteiger partial charge on any atom is 0.0378 e. The molecule has 2 nitrogen and oxygen atoms in total. The molecule has 1 aromatic carbocycles. The van der Waals surface area contributed by atoms with Gasteiger partial charge in [-0.05, 0) is 42.5 Å². The van der Waals surface area contributed by atoms with Gasteiger partial charge in [-0.3, -0.25) is 4.90 Å². The summed E-state index contributed by atoms with van der Waals surface area (Å²) < 4.78 is 2.35. The van der Waals surface area contributed by atoms with Crippen LogP contribution in [0.15, 0.2) is 27.1 Å². The molecule has 1 saturated carbocycles. The van der Waals surface area contributed by atoms with E-state index in [1.807, 2.05) is 0 Å². The topological polar surface area (TPSA) is 15.3 Å². The second-order valence-electron chi connectivity index (χ2n) is 5.27. The van der Waals surface area contributed by atoms with Crippen LogP contribution < -0.4 is 5.32 Å². The first-order valence-electron chi connectivity index (χ1n) is 6.65. The van der Waals surface area contributed by atoms with Crippen LogP contribution in [0.5, 0.6) is 0 Å². The monoisotopic (exact) mass is 372 g/mol. The average Bonchev–Trinajstić information content (AvgIpc) is 3.14. The first-order chi connectivity index (χ1) is 8.74. The first kappa shape index (κ1) is 13.1. The lowest BCUT2D eigenvalue weighted by molar-refractivity contribution is 0.156. The van der Waals surface area contributed by atoms with E-state index in [2.05, 4.69) is 60.3 Å². The minimum Gasteiger partial charge on any atom is -0.314 e. The second-order valence-corrected chi connectivity index (χ2v) is 7.10. The van der Waals surface area contributed by atoms with Crippen molar-refractivity contribution >= 4 is 31.9 Å². The van der Waals surface area contributed by atoms with Crippen LogP contribution in [-0.4, -0.2) is 31.1 Å². The van der Waals surface area contributed by atoms with E-state index in [4.69, 9.17) is 0 Å². The average molecular weight is 374 g/mol. The van der Waals surface area contributed by atoms with Crippen LogP contribution >= 0.6 is 31.9 Å². The van der Waals surface area contributed by atoms with Crippen molar-refractivity contribution < 1.29 is 0 Å². The molecule has 1 heterocycles. The van der Waals surface area contributed by atoms with Gasteiger partial charge in [-0.1, -0.05) is 31.9 Å². The number of hydrogen-bond donors (Lipinski definition) is 1. The molecule has 0 spiro atoms. The summed E-state index contributed by atoms with van der Waals surface area (Å²) in [4.78, 5) is 2.66. The summed E-state index contributed by atoms with van der Waals surface area (Å²) in [5, 5.41) is 3.44. The maximum absolute atomic E-state index is 3.61. The third-order valence-corrected chi connectivity index (χ3v) is 4.76. The predicted octanol–water partition coefficient (Wildman–Crippen LogP) is 3.57. The fraction of sp³-hybridized carbons (Fsp3) is 0.571. The third kappa shape index (κ3) is 2.98. The normalized spacial score (nSPS) is 23.0. The van der Waals surface area contributed by atoms with E-state index in [0.717, 1.165) is 19.0 Å². The lowest BCUT2D eigenvalue weighted by Gasteiger charge is -2.35. The highest BCUT2D eigenvalue weighted by atomic mass is 79.9. The molecule has 2 fully saturated rings. The summed E-state index contributed by atoms with van der Waals surface area (Å²) in [5.41, 5.74) is 1.46. The van der Waals surface area contributed by atoms with Gasteiger partial charge in [0.05, 0.1) is 0 Å². The van der Waals surface area contributed by atoms with Gasteiger partial charge in [0.2, 0.25) is 0 Å². The molecule has 3 rings (SSSR count). The molecule has 1 atom stereocenters. The van der Waals surface area contributed by atoms with Crippen LogP contribution in [0, 0.1) is 5.92 Å². The van der Waals surface area contributed by atoms with E-state index >= 15 is 0 Å². The van der Waals surface area contributed by atoms with Gasteiger partial charge in [0, 0.05) is 41.2 Å². The summed E-state index contributed by atoms with van der Waals surface area (Å²) in [6.45, 7) is 4.59. The molecule has 2 aliphatic rings. The van der Waals surface area contributed by atoms with Crippen molar-refractivity contribution in [2.45, 2.75) is 18.9 Å². The van der Waals surface area contributed by atoms with Crippen molar-refractivity contribution in [2.75, 3.05) is 26.2 Å². The molecule has 0 aromatic heterocycles. The van der Waals surface area contributed by atoms with Crippen molar-refractivity contribution in [3.63, 3.8) is 0 Å². The highest BCUT2D eigenvalue weighted by molar-refractivity contribution is 9.11. The van der Waals surface area contributed by atoms with Gasteiger partial charge in [-0.2, -0.15) is 0 Å². The Balaban J connectivity index is 1.88. The number of nitrogens with zero attached hydrogens (tertiary/aromatic N) is 1. The highest BCUT2D eigenvalue weighted by Crippen LogP contribution is 2.45. The molecular formula is C14H18Br2N2. The quantitative estimate of drug-likeness (QED) is 0.871. The van der Waals surface area contributed by atoms with Crippen molar-refractivity contribution in [1.29, 1.82) is 0 Å². The van der Waals surface area contributed by atoms with E-state index in [1.54, 1.807) is 0 Å². The van der Waals surface area contributed by atoms with E-state index in [-0.39, 0.29) is 0 Å². The summed E-state index contributed by atoms with van der Waals surface area (Å²) >= 11 is 7.23. The zero-order chi connectivity index (χ0) is 12.5. The van der Waals surface area contributed by atoms with E-state index < -0.39 is 0 Å². The van der Waals surface area contributed by atoms with Crippen LogP contribution in [0.1, 0.15) is 24.4 Å². The molecule has 1 N–H and O–H groups in total. The van der Waals surface area contributed by atoms with Gasteiger partial charge >= 0.3 is 0 Å². The van der Waals surface area contributed by atoms with Gasteiger partial charge in [0.15, 0.2) is 0 Å². The molecule has 1 aliphatic carbocycles. The van der Waals surface area contributed by atoms with Crippen molar-refractivity contribution in [1.82, 2.24) is 10.2 Å². The minimum atomic E-state index is 0.612. The van der Waals surface area contributed by atoms with Gasteiger partial charge in [-0.25, -0.2) is 0 Å². The Bertz CT molecular complexity index is 406. The van der Waals surface area contributed by atoms with Crippen molar-refractivity contribution in [3.8, 4) is 0 Å². The first-order valence-corrected chi connectivity index (χ1v) is 8.23. The van der Waals surface area contributed by atoms with Crippen molar-refractivity contribution in [2.24, 2.45) is 5.92 Å². The number of halogens is 2. The van der Waals surface area contributed by atoms with Crippen LogP contribution in [0.3, 0.4) is 0 Å². The van der Waals surface area contributed by atoms with Gasteiger partial charge < -0.3 is 5.32 Å². The smallest absolute Gasteiger partial charge is 0.0378 e. The Morgan fingerprint density at radius 3 is 2.22 bits per heavy atom. The van der Waals surface area contributed by atoms with Gasteiger partial charge in [0.25, 0.3) is 0 Å². The summed E-state index contributed by atoms with van der Waals surface area (Å²) in [6, 6.07) is 7.30. The summed E-state index contributed by atoms with van der Waals surface area (Å²) in [6.07, 6.45) is 2.78. The Labute approximate surface area is 125 Å². The lowest BCUT2D eigenvalue weighted by atomic mass is 10.00. The molecule has 0 unspecified atom stereocenters. The van der Waals surface area contributed by atoms with Crippen LogP contribution in [0.4, 0.5) is 0 Å². The maximum atomic E-state index is 3.61. The van der Waals surface area contributed by atoms with Crippen LogP contribution in [0.25, 0.3) is 0 Å². The number of piperazine rings is 1.